The summed E-state index contributed by atoms with van der Waals surface area (Å²) in [5.41, 5.74) is 3.50. The maximum atomic E-state index is 12.5. The zero-order valence-corrected chi connectivity index (χ0v) is 21.6. The Balaban J connectivity index is 1.71. The molecule has 1 unspecified atom stereocenters. The third-order valence-corrected chi connectivity index (χ3v) is 6.60. The first-order chi connectivity index (χ1) is 16.5. The monoisotopic (exact) mass is 482 g/mol. The highest BCUT2D eigenvalue weighted by Gasteiger charge is 2.28. The number of carbonyl (C=O) groups excluding carboxylic acids is 2. The molecule has 7 nitrogen and oxygen atoms in total. The Morgan fingerprint density at radius 3 is 2.23 bits per heavy atom. The number of nitrogens with one attached hydrogen (secondary N) is 2. The van der Waals surface area contributed by atoms with Gasteiger partial charge in [0.15, 0.2) is 0 Å². The molecule has 1 atom stereocenters. The molecular weight excluding hydrogens is 444 g/mol. The Morgan fingerprint density at radius 1 is 1.03 bits per heavy atom. The normalized spacial score (nSPS) is 18.9. The number of rotatable bonds is 6. The molecule has 0 saturated heterocycles. The molecule has 1 amide bonds. The van der Waals surface area contributed by atoms with Crippen LogP contribution in [-0.2, 0) is 9.47 Å². The Bertz CT molecular complexity index is 1030. The minimum absolute atomic E-state index is 0.124. The van der Waals surface area contributed by atoms with Gasteiger partial charge in [-0.15, -0.1) is 0 Å². The van der Waals surface area contributed by atoms with Crippen molar-refractivity contribution in [3.63, 3.8) is 0 Å². The summed E-state index contributed by atoms with van der Waals surface area (Å²) in [6.07, 6.45) is 3.40. The van der Waals surface area contributed by atoms with Crippen molar-refractivity contribution in [1.82, 2.24) is 5.32 Å². The number of hydrogen-bond acceptors (Lipinski definition) is 6. The number of phenols is 1. The van der Waals surface area contributed by atoms with Crippen LogP contribution in [0.1, 0.15) is 69.3 Å². The van der Waals surface area contributed by atoms with Gasteiger partial charge < -0.3 is 25.2 Å². The van der Waals surface area contributed by atoms with E-state index in [4.69, 9.17) is 9.47 Å². The van der Waals surface area contributed by atoms with E-state index < -0.39 is 5.60 Å². The van der Waals surface area contributed by atoms with Crippen LogP contribution in [0.25, 0.3) is 11.1 Å². The summed E-state index contributed by atoms with van der Waals surface area (Å²) in [7, 11) is 1.38. The average Bonchev–Trinajstić information content (AvgIpc) is 2.79. The molecule has 3 N–H and O–H groups in total. The van der Waals surface area contributed by atoms with Gasteiger partial charge in [0.25, 0.3) is 0 Å². The third-order valence-electron chi connectivity index (χ3n) is 6.60. The number of ether oxygens (including phenoxy) is 2. The molecule has 0 aliphatic heterocycles. The highest BCUT2D eigenvalue weighted by atomic mass is 16.6. The van der Waals surface area contributed by atoms with E-state index in [1.807, 2.05) is 52.0 Å². The smallest absolute Gasteiger partial charge is 0.407 e. The molecule has 1 saturated carbocycles. The quantitative estimate of drug-likeness (QED) is 0.435. The highest BCUT2D eigenvalue weighted by Crippen LogP contribution is 2.33. The van der Waals surface area contributed by atoms with Crippen molar-refractivity contribution in [2.24, 2.45) is 5.92 Å². The average molecular weight is 483 g/mol. The largest absolute Gasteiger partial charge is 0.508 e. The molecule has 1 aliphatic rings. The lowest BCUT2D eigenvalue weighted by Crippen LogP contribution is -2.42. The molecule has 35 heavy (non-hydrogen) atoms. The van der Waals surface area contributed by atoms with Gasteiger partial charge >= 0.3 is 12.1 Å². The zero-order chi connectivity index (χ0) is 25.8. The van der Waals surface area contributed by atoms with E-state index >= 15 is 0 Å². The molecule has 0 aromatic heterocycles. The first-order valence-corrected chi connectivity index (χ1v) is 12.2. The van der Waals surface area contributed by atoms with E-state index in [0.717, 1.165) is 48.1 Å². The van der Waals surface area contributed by atoms with Gasteiger partial charge in [0.05, 0.1) is 12.7 Å². The number of phenolic OH excluding ortho intramolecular Hbond substituents is 1. The summed E-state index contributed by atoms with van der Waals surface area (Å²) in [4.78, 5) is 24.6. The van der Waals surface area contributed by atoms with Crippen LogP contribution >= 0.6 is 0 Å². The maximum Gasteiger partial charge on any atom is 0.407 e. The second-order valence-corrected chi connectivity index (χ2v) is 10.4. The SMILES string of the molecule is COC(=O)c1cc(-c2ccc(O)cc2)cc(NC(C)[C@H]2CC[C@H](NC(=O)OC(C)(C)C)CC2)c1C. The van der Waals surface area contributed by atoms with Crippen LogP contribution in [0.5, 0.6) is 5.75 Å². The summed E-state index contributed by atoms with van der Waals surface area (Å²) in [6, 6.07) is 11.1. The predicted molar refractivity (Wildman–Crippen MR) is 138 cm³/mol. The number of aromatic hydroxyl groups is 1. The van der Waals surface area contributed by atoms with Gasteiger partial charge in [-0.05, 0) is 107 Å². The molecule has 1 fully saturated rings. The van der Waals surface area contributed by atoms with Crippen LogP contribution in [0.15, 0.2) is 36.4 Å². The van der Waals surface area contributed by atoms with Gasteiger partial charge in [-0.1, -0.05) is 12.1 Å². The number of amides is 1. The summed E-state index contributed by atoms with van der Waals surface area (Å²) < 4.78 is 10.4. The maximum absolute atomic E-state index is 12.5. The van der Waals surface area contributed by atoms with Crippen molar-refractivity contribution in [2.45, 2.75) is 78.0 Å². The minimum Gasteiger partial charge on any atom is -0.508 e. The van der Waals surface area contributed by atoms with Crippen LogP contribution in [-0.4, -0.2) is 42.0 Å². The molecule has 0 spiro atoms. The Morgan fingerprint density at radius 2 is 1.66 bits per heavy atom. The molecular formula is C28H38N2O5. The summed E-state index contributed by atoms with van der Waals surface area (Å²) in [5.74, 6) is 0.246. The van der Waals surface area contributed by atoms with Crippen LogP contribution in [0, 0.1) is 12.8 Å². The molecule has 7 heteroatoms. The molecule has 190 valence electrons. The van der Waals surface area contributed by atoms with Crippen molar-refractivity contribution >= 4 is 17.7 Å². The lowest BCUT2D eigenvalue weighted by atomic mass is 9.82. The van der Waals surface area contributed by atoms with Gasteiger partial charge in [0.2, 0.25) is 0 Å². The van der Waals surface area contributed by atoms with Crippen LogP contribution < -0.4 is 10.6 Å². The van der Waals surface area contributed by atoms with Crippen molar-refractivity contribution in [2.75, 3.05) is 12.4 Å². The second-order valence-electron chi connectivity index (χ2n) is 10.4. The van der Waals surface area contributed by atoms with Crippen LogP contribution in [0.2, 0.25) is 0 Å². The fraction of sp³-hybridized carbons (Fsp3) is 0.500. The first-order valence-electron chi connectivity index (χ1n) is 12.2. The molecule has 2 aromatic rings. The minimum atomic E-state index is -0.505. The summed E-state index contributed by atoms with van der Waals surface area (Å²) >= 11 is 0. The molecule has 0 radical (unpaired) electrons. The number of anilines is 1. The van der Waals surface area contributed by atoms with Gasteiger partial charge in [-0.3, -0.25) is 0 Å². The molecule has 0 bridgehead atoms. The van der Waals surface area contributed by atoms with E-state index in [9.17, 15) is 14.7 Å². The highest BCUT2D eigenvalue weighted by molar-refractivity contribution is 5.95. The zero-order valence-electron chi connectivity index (χ0n) is 21.6. The number of methoxy groups -OCH3 is 1. The van der Waals surface area contributed by atoms with Crippen molar-refractivity contribution in [3.05, 3.63) is 47.5 Å². The predicted octanol–water partition coefficient (Wildman–Crippen LogP) is 6.04. The number of hydrogen-bond donors (Lipinski definition) is 3. The van der Waals surface area contributed by atoms with Crippen LogP contribution in [0.3, 0.4) is 0 Å². The van der Waals surface area contributed by atoms with Crippen molar-refractivity contribution in [3.8, 4) is 16.9 Å². The number of alkyl carbamates (subject to hydrolysis) is 1. The van der Waals surface area contributed by atoms with Crippen LogP contribution in [0.4, 0.5) is 10.5 Å². The van der Waals surface area contributed by atoms with Gasteiger partial charge in [-0.2, -0.15) is 0 Å². The fourth-order valence-corrected chi connectivity index (χ4v) is 4.61. The topological polar surface area (TPSA) is 96.9 Å². The fourth-order valence-electron chi connectivity index (χ4n) is 4.61. The standard InChI is InChI=1S/C28H38N2O5/c1-17-24(26(32)34-6)15-21(20-9-13-23(31)14-10-20)16-25(17)29-18(2)19-7-11-22(12-8-19)30-27(33)35-28(3,4)5/h9-10,13-16,18-19,22,29,31H,7-8,11-12H2,1-6H3,(H,30,33)/t18?,19-,22-. The van der Waals surface area contributed by atoms with E-state index in [-0.39, 0.29) is 29.9 Å². The number of esters is 1. The van der Waals surface area contributed by atoms with Gasteiger partial charge in [-0.25, -0.2) is 9.59 Å². The molecule has 2 aromatic carbocycles. The van der Waals surface area contributed by atoms with E-state index in [2.05, 4.69) is 17.6 Å². The Kier molecular flexibility index (Phi) is 8.30. The summed E-state index contributed by atoms with van der Waals surface area (Å²) in [6.45, 7) is 9.67. The summed E-state index contributed by atoms with van der Waals surface area (Å²) in [5, 5.41) is 16.3. The van der Waals surface area contributed by atoms with E-state index in [0.29, 0.717) is 11.5 Å². The Hall–Kier alpha value is -3.22. The molecule has 3 rings (SSSR count). The lowest BCUT2D eigenvalue weighted by Gasteiger charge is -2.34. The molecule has 1 aliphatic carbocycles. The van der Waals surface area contributed by atoms with Gasteiger partial charge in [0.1, 0.15) is 11.4 Å². The van der Waals surface area contributed by atoms with E-state index in [1.54, 1.807) is 12.1 Å². The first kappa shape index (κ1) is 26.4. The third kappa shape index (κ3) is 7.13. The Labute approximate surface area is 208 Å². The second kappa shape index (κ2) is 11.0. The lowest BCUT2D eigenvalue weighted by molar-refractivity contribution is 0.0485. The number of carbonyl (C=O) groups is 2. The van der Waals surface area contributed by atoms with Crippen molar-refractivity contribution in [1.29, 1.82) is 0 Å². The molecule has 0 heterocycles. The number of benzene rings is 2. The van der Waals surface area contributed by atoms with Crippen molar-refractivity contribution < 1.29 is 24.2 Å². The van der Waals surface area contributed by atoms with Gasteiger partial charge in [0, 0.05) is 17.8 Å². The van der Waals surface area contributed by atoms with E-state index in [1.165, 1.54) is 7.11 Å².